The van der Waals surface area contributed by atoms with Crippen molar-refractivity contribution in [2.75, 3.05) is 0 Å². The normalized spacial score (nSPS) is 24.0. The summed E-state index contributed by atoms with van der Waals surface area (Å²) in [6, 6.07) is 0.675. The first-order valence-electron chi connectivity index (χ1n) is 18.2. The van der Waals surface area contributed by atoms with Crippen molar-refractivity contribution in [3.63, 3.8) is 0 Å². The van der Waals surface area contributed by atoms with Crippen molar-refractivity contribution < 1.29 is 0 Å². The highest BCUT2D eigenvalue weighted by Gasteiger charge is 2.40. The number of nitrogens with zero attached hydrogens (tertiary/aromatic N) is 3. The van der Waals surface area contributed by atoms with E-state index in [1.165, 1.54) is 108 Å². The van der Waals surface area contributed by atoms with E-state index in [1.54, 1.807) is 50.6 Å². The van der Waals surface area contributed by atoms with Crippen LogP contribution < -0.4 is 0 Å². The molecular formula is C40H51N3. The lowest BCUT2D eigenvalue weighted by molar-refractivity contribution is 0.440. The Labute approximate surface area is 259 Å². The summed E-state index contributed by atoms with van der Waals surface area (Å²) in [5.41, 5.74) is 21.7. The van der Waals surface area contributed by atoms with Crippen molar-refractivity contribution in [2.24, 2.45) is 0 Å². The van der Waals surface area contributed by atoms with Crippen LogP contribution in [0.5, 0.6) is 0 Å². The highest BCUT2D eigenvalue weighted by molar-refractivity contribution is 5.62. The van der Waals surface area contributed by atoms with Gasteiger partial charge in [0.05, 0.1) is 5.69 Å². The van der Waals surface area contributed by atoms with E-state index in [-0.39, 0.29) is 0 Å². The fraction of sp³-hybridized carbons (Fsp3) is 0.625. The van der Waals surface area contributed by atoms with E-state index < -0.39 is 0 Å². The molecule has 3 heteroatoms. The smallest absolute Gasteiger partial charge is 0.0668 e. The van der Waals surface area contributed by atoms with Crippen molar-refractivity contribution in [1.29, 1.82) is 0 Å². The minimum Gasteiger partial charge on any atom is -0.348 e. The summed E-state index contributed by atoms with van der Waals surface area (Å²) < 4.78 is 5.70. The molecule has 226 valence electrons. The minimum atomic E-state index is 0.615. The second-order valence-electron chi connectivity index (χ2n) is 15.6. The Morgan fingerprint density at radius 3 is 2.44 bits per heavy atom. The number of pyridine rings is 1. The molecule has 0 bridgehead atoms. The number of fused-ring (bicyclic) bond motifs is 8. The van der Waals surface area contributed by atoms with Gasteiger partial charge < -0.3 is 9.13 Å². The van der Waals surface area contributed by atoms with Crippen LogP contribution in [0.3, 0.4) is 0 Å². The third-order valence-corrected chi connectivity index (χ3v) is 12.8. The van der Waals surface area contributed by atoms with Crippen molar-refractivity contribution in [1.82, 2.24) is 14.1 Å². The maximum Gasteiger partial charge on any atom is 0.0668 e. The third-order valence-electron chi connectivity index (χ3n) is 12.8. The van der Waals surface area contributed by atoms with Gasteiger partial charge in [0.2, 0.25) is 0 Å². The molecule has 2 aliphatic heterocycles. The molecule has 6 aliphatic rings. The van der Waals surface area contributed by atoms with Crippen LogP contribution in [0.25, 0.3) is 6.08 Å². The van der Waals surface area contributed by atoms with E-state index in [4.69, 9.17) is 4.98 Å². The fourth-order valence-electron chi connectivity index (χ4n) is 11.5. The van der Waals surface area contributed by atoms with Crippen LogP contribution in [0, 0.1) is 0 Å². The second kappa shape index (κ2) is 9.98. The first kappa shape index (κ1) is 26.8. The predicted molar refractivity (Wildman–Crippen MR) is 177 cm³/mol. The topological polar surface area (TPSA) is 22.8 Å². The Kier molecular flexibility index (Phi) is 6.22. The quantitative estimate of drug-likeness (QED) is 0.276. The molecule has 3 aromatic heterocycles. The van der Waals surface area contributed by atoms with Crippen molar-refractivity contribution in [3.05, 3.63) is 79.2 Å². The average Bonchev–Trinajstić information content (AvgIpc) is 3.79. The Balaban J connectivity index is 1.02. The Bertz CT molecular complexity index is 1650. The van der Waals surface area contributed by atoms with Crippen LogP contribution in [0.2, 0.25) is 0 Å². The van der Waals surface area contributed by atoms with Gasteiger partial charge in [-0.2, -0.15) is 0 Å². The van der Waals surface area contributed by atoms with Crippen molar-refractivity contribution >= 4 is 6.08 Å². The maximum absolute atomic E-state index is 5.11. The van der Waals surface area contributed by atoms with Gasteiger partial charge in [-0.3, -0.25) is 4.98 Å². The molecule has 0 amide bonds. The predicted octanol–water partition coefficient (Wildman–Crippen LogP) is 9.21. The minimum absolute atomic E-state index is 0.615. The van der Waals surface area contributed by atoms with Gasteiger partial charge in [-0.15, -0.1) is 0 Å². The van der Waals surface area contributed by atoms with Gasteiger partial charge in [-0.05, 0) is 165 Å². The molecular weight excluding hydrogens is 522 g/mol. The zero-order chi connectivity index (χ0) is 29.0. The molecule has 4 aliphatic carbocycles. The van der Waals surface area contributed by atoms with Crippen LogP contribution in [0.4, 0.5) is 0 Å². The van der Waals surface area contributed by atoms with E-state index in [0.29, 0.717) is 23.8 Å². The lowest BCUT2D eigenvalue weighted by Crippen LogP contribution is -2.14. The Morgan fingerprint density at radius 2 is 1.56 bits per heavy atom. The van der Waals surface area contributed by atoms with Gasteiger partial charge in [-0.25, -0.2) is 0 Å². The van der Waals surface area contributed by atoms with Crippen LogP contribution in [0.15, 0.2) is 6.08 Å². The molecule has 0 N–H and O–H groups in total. The van der Waals surface area contributed by atoms with Crippen LogP contribution in [-0.4, -0.2) is 14.1 Å². The molecule has 9 rings (SSSR count). The highest BCUT2D eigenvalue weighted by Crippen LogP contribution is 2.51. The van der Waals surface area contributed by atoms with Gasteiger partial charge in [0.1, 0.15) is 0 Å². The molecule has 3 aromatic rings. The summed E-state index contributed by atoms with van der Waals surface area (Å²) in [5.74, 6) is 2.71. The van der Waals surface area contributed by atoms with E-state index >= 15 is 0 Å². The van der Waals surface area contributed by atoms with Gasteiger partial charge in [-0.1, -0.05) is 33.8 Å². The van der Waals surface area contributed by atoms with Crippen molar-refractivity contribution in [3.8, 4) is 0 Å². The molecule has 4 atom stereocenters. The van der Waals surface area contributed by atoms with Gasteiger partial charge >= 0.3 is 0 Å². The zero-order valence-corrected chi connectivity index (χ0v) is 27.2. The standard InChI is InChI=1S/C40H51N3/c1-23(2)40-31-18-16-26(39(31)35-15-8-20-42(35)40)21-24(3)38-30-11-7-14-34(30)43-27(17-19-36(38)43)22-25(4)37-28-9-5-12-32(28)41-33-13-6-10-29(33)37/h5,12,23-27H,6-11,13-22H2,1-4H3. The van der Waals surface area contributed by atoms with Gasteiger partial charge in [0.15, 0.2) is 0 Å². The SMILES string of the molecule is CC(C)c1c2c(c3n1CCC3)C(CC(C)c1c3c(n4c1CCC4CC(C)c1c4c(nc5c1CCC5)C=CC4)CCC3)CC2. The van der Waals surface area contributed by atoms with Gasteiger partial charge in [0, 0.05) is 41.1 Å². The molecule has 43 heavy (non-hydrogen) atoms. The molecule has 5 heterocycles. The average molecular weight is 574 g/mol. The molecule has 0 fully saturated rings. The number of aromatic nitrogens is 3. The first-order valence-corrected chi connectivity index (χ1v) is 18.2. The number of aryl methyl sites for hydroxylation is 1. The van der Waals surface area contributed by atoms with Crippen molar-refractivity contribution in [2.45, 2.75) is 160 Å². The summed E-state index contributed by atoms with van der Waals surface area (Å²) in [5, 5.41) is 0. The molecule has 0 spiro atoms. The molecule has 0 aromatic carbocycles. The second-order valence-corrected chi connectivity index (χ2v) is 15.6. The number of allylic oxidation sites excluding steroid dienone is 1. The third kappa shape index (κ3) is 3.88. The summed E-state index contributed by atoms with van der Waals surface area (Å²) >= 11 is 0. The van der Waals surface area contributed by atoms with E-state index in [9.17, 15) is 0 Å². The lowest BCUT2D eigenvalue weighted by Gasteiger charge is -2.25. The summed E-state index contributed by atoms with van der Waals surface area (Å²) in [6.45, 7) is 11.3. The van der Waals surface area contributed by atoms with Crippen LogP contribution in [-0.2, 0) is 57.9 Å². The van der Waals surface area contributed by atoms with Crippen LogP contribution >= 0.6 is 0 Å². The molecule has 0 radical (unpaired) electrons. The fourth-order valence-corrected chi connectivity index (χ4v) is 11.5. The number of hydrogen-bond acceptors (Lipinski definition) is 1. The maximum atomic E-state index is 5.11. The first-order chi connectivity index (χ1) is 21.0. The van der Waals surface area contributed by atoms with E-state index in [2.05, 4.69) is 49.0 Å². The van der Waals surface area contributed by atoms with Gasteiger partial charge in [0.25, 0.3) is 0 Å². The van der Waals surface area contributed by atoms with E-state index in [1.807, 2.05) is 11.1 Å². The highest BCUT2D eigenvalue weighted by atomic mass is 15.1. The largest absolute Gasteiger partial charge is 0.348 e. The van der Waals surface area contributed by atoms with Crippen LogP contribution in [0.1, 0.15) is 175 Å². The summed E-state index contributed by atoms with van der Waals surface area (Å²) in [7, 11) is 0. The number of rotatable bonds is 7. The van der Waals surface area contributed by atoms with E-state index in [0.717, 1.165) is 12.3 Å². The molecule has 3 nitrogen and oxygen atoms in total. The Hall–Kier alpha value is -2.55. The molecule has 0 saturated carbocycles. The summed E-state index contributed by atoms with van der Waals surface area (Å²) in [4.78, 5) is 5.11. The summed E-state index contributed by atoms with van der Waals surface area (Å²) in [6.07, 6.45) is 24.1. The molecule has 0 saturated heterocycles. The number of hydrogen-bond donors (Lipinski definition) is 0. The lowest BCUT2D eigenvalue weighted by atomic mass is 9.84. The molecule has 4 unspecified atom stereocenters. The monoisotopic (exact) mass is 573 g/mol. The zero-order valence-electron chi connectivity index (χ0n) is 27.2. The Morgan fingerprint density at radius 1 is 0.744 bits per heavy atom.